The maximum atomic E-state index is 13.7. The van der Waals surface area contributed by atoms with Crippen molar-refractivity contribution in [1.29, 1.82) is 0 Å². The monoisotopic (exact) mass is 356 g/mol. The number of hydrogen-bond acceptors (Lipinski definition) is 5. The van der Waals surface area contributed by atoms with Crippen LogP contribution in [0.2, 0.25) is 0 Å². The van der Waals surface area contributed by atoms with Crippen LogP contribution in [0.4, 0.5) is 4.39 Å². The summed E-state index contributed by atoms with van der Waals surface area (Å²) in [7, 11) is 0. The maximum Gasteiger partial charge on any atom is 0.195 e. The Morgan fingerprint density at radius 2 is 1.92 bits per heavy atom. The summed E-state index contributed by atoms with van der Waals surface area (Å²) in [5, 5.41) is 9.26. The van der Waals surface area contributed by atoms with Crippen molar-refractivity contribution in [2.45, 2.75) is 18.9 Å². The van der Waals surface area contributed by atoms with Gasteiger partial charge in [-0.25, -0.2) is 9.37 Å². The molecule has 1 aromatic carbocycles. The fourth-order valence-electron chi connectivity index (χ4n) is 4.12. The molecule has 26 heavy (non-hydrogen) atoms. The second kappa shape index (κ2) is 7.03. The number of para-hydroxylation sites is 1. The molecule has 1 aliphatic carbocycles. The molecule has 1 N–H and O–H groups in total. The molecule has 2 aliphatic rings. The summed E-state index contributed by atoms with van der Waals surface area (Å²) in [6.45, 7) is 2.04. The molecule has 0 radical (unpaired) electrons. The topological polar surface area (TPSA) is 62.7 Å². The summed E-state index contributed by atoms with van der Waals surface area (Å²) >= 11 is 0. The molecule has 2 fully saturated rings. The summed E-state index contributed by atoms with van der Waals surface area (Å²) in [6.07, 6.45) is 3.11. The first-order valence-electron chi connectivity index (χ1n) is 8.90. The number of hydrogen-bond donors (Lipinski definition) is 1. The molecule has 1 saturated heterocycles. The number of nitrogens with zero attached hydrogens (tertiary/aromatic N) is 2. The Morgan fingerprint density at radius 1 is 1.19 bits per heavy atom. The van der Waals surface area contributed by atoms with Gasteiger partial charge in [0.2, 0.25) is 0 Å². The lowest BCUT2D eigenvalue weighted by Gasteiger charge is -2.19. The van der Waals surface area contributed by atoms with Crippen molar-refractivity contribution in [3.8, 4) is 11.5 Å². The van der Waals surface area contributed by atoms with Gasteiger partial charge >= 0.3 is 0 Å². The van der Waals surface area contributed by atoms with Gasteiger partial charge in [-0.05, 0) is 48.9 Å². The molecular formula is C20H21FN2O3. The SMILES string of the molecule is O=C(CN1C[C@H]2C[C@@H](Oc3ccccc3F)C[C@H]2C1)c1ccc(O)cn1. The number of benzene rings is 1. The van der Waals surface area contributed by atoms with E-state index in [1.165, 1.54) is 18.3 Å². The highest BCUT2D eigenvalue weighted by molar-refractivity contribution is 5.95. The second-order valence-corrected chi connectivity index (χ2v) is 7.18. The van der Waals surface area contributed by atoms with Crippen molar-refractivity contribution in [3.63, 3.8) is 0 Å². The zero-order valence-corrected chi connectivity index (χ0v) is 14.3. The Labute approximate surface area is 151 Å². The third kappa shape index (κ3) is 3.55. The van der Waals surface area contributed by atoms with Crippen molar-refractivity contribution in [1.82, 2.24) is 9.88 Å². The number of ether oxygens (including phenoxy) is 1. The van der Waals surface area contributed by atoms with Gasteiger partial charge in [-0.3, -0.25) is 9.69 Å². The van der Waals surface area contributed by atoms with Crippen LogP contribution in [0.5, 0.6) is 11.5 Å². The van der Waals surface area contributed by atoms with Crippen LogP contribution in [0.25, 0.3) is 0 Å². The molecule has 5 nitrogen and oxygen atoms in total. The standard InChI is InChI=1S/C20H21FN2O3/c21-17-3-1-2-4-20(17)26-16-7-13-10-23(11-14(13)8-16)12-19(25)18-6-5-15(24)9-22-18/h1-6,9,13-14,16,24H,7-8,10-12H2/t13-,14+,16-. The maximum absolute atomic E-state index is 13.7. The molecule has 0 bridgehead atoms. The van der Waals surface area contributed by atoms with Gasteiger partial charge in [0.25, 0.3) is 0 Å². The van der Waals surface area contributed by atoms with Crippen molar-refractivity contribution < 1.29 is 19.0 Å². The number of aromatic nitrogens is 1. The number of rotatable bonds is 5. The van der Waals surface area contributed by atoms with E-state index in [4.69, 9.17) is 4.74 Å². The van der Waals surface area contributed by atoms with E-state index in [1.807, 2.05) is 0 Å². The lowest BCUT2D eigenvalue weighted by molar-refractivity contribution is 0.0931. The first kappa shape index (κ1) is 17.0. The average Bonchev–Trinajstić information content (AvgIpc) is 3.15. The zero-order chi connectivity index (χ0) is 18.1. The number of ketones is 1. The molecule has 1 aromatic heterocycles. The summed E-state index contributed by atoms with van der Waals surface area (Å²) in [4.78, 5) is 18.5. The van der Waals surface area contributed by atoms with E-state index in [1.54, 1.807) is 24.3 Å². The largest absolute Gasteiger partial charge is 0.506 e. The van der Waals surface area contributed by atoms with E-state index >= 15 is 0 Å². The van der Waals surface area contributed by atoms with Gasteiger partial charge in [0.1, 0.15) is 11.4 Å². The van der Waals surface area contributed by atoms with Crippen LogP contribution in [-0.2, 0) is 0 Å². The normalized spacial score (nSPS) is 25.2. The summed E-state index contributed by atoms with van der Waals surface area (Å²) in [5.74, 6) is 0.975. The van der Waals surface area contributed by atoms with Gasteiger partial charge in [-0.15, -0.1) is 0 Å². The Bertz CT molecular complexity index is 782. The van der Waals surface area contributed by atoms with Crippen LogP contribution in [0, 0.1) is 17.7 Å². The Morgan fingerprint density at radius 3 is 2.58 bits per heavy atom. The van der Waals surface area contributed by atoms with Gasteiger partial charge in [0, 0.05) is 13.1 Å². The minimum absolute atomic E-state index is 0.0378. The number of carbonyl (C=O) groups excluding carboxylic acids is 1. The molecule has 1 saturated carbocycles. The van der Waals surface area contributed by atoms with E-state index in [9.17, 15) is 14.3 Å². The van der Waals surface area contributed by atoms with Crippen molar-refractivity contribution in [3.05, 3.63) is 54.1 Å². The third-order valence-corrected chi connectivity index (χ3v) is 5.31. The van der Waals surface area contributed by atoms with Crippen molar-refractivity contribution >= 4 is 5.78 Å². The Kier molecular flexibility index (Phi) is 4.59. The number of likely N-dealkylation sites (tertiary alicyclic amines) is 1. The number of pyridine rings is 1. The van der Waals surface area contributed by atoms with Crippen LogP contribution in [0.1, 0.15) is 23.3 Å². The summed E-state index contributed by atoms with van der Waals surface area (Å²) in [6, 6.07) is 9.54. The molecular weight excluding hydrogens is 335 g/mol. The predicted octanol–water partition coefficient (Wildman–Crippen LogP) is 2.90. The van der Waals surface area contributed by atoms with E-state index in [2.05, 4.69) is 9.88 Å². The molecule has 0 unspecified atom stereocenters. The zero-order valence-electron chi connectivity index (χ0n) is 14.3. The smallest absolute Gasteiger partial charge is 0.195 e. The van der Waals surface area contributed by atoms with Gasteiger partial charge < -0.3 is 9.84 Å². The number of Topliss-reactive ketones (excluding diaryl/α,β-unsaturated/α-hetero) is 1. The van der Waals surface area contributed by atoms with E-state index < -0.39 is 0 Å². The van der Waals surface area contributed by atoms with Crippen LogP contribution in [0.3, 0.4) is 0 Å². The molecule has 2 aromatic rings. The fourth-order valence-corrected chi connectivity index (χ4v) is 4.12. The Hall–Kier alpha value is -2.47. The summed E-state index contributed by atoms with van der Waals surface area (Å²) < 4.78 is 19.6. The molecule has 136 valence electrons. The highest BCUT2D eigenvalue weighted by Gasteiger charge is 2.42. The number of fused-ring (bicyclic) bond motifs is 1. The average molecular weight is 356 g/mol. The minimum atomic E-state index is -0.321. The number of halogens is 1. The van der Waals surface area contributed by atoms with Gasteiger partial charge in [-0.2, -0.15) is 0 Å². The van der Waals surface area contributed by atoms with Crippen molar-refractivity contribution in [2.75, 3.05) is 19.6 Å². The van der Waals surface area contributed by atoms with Crippen LogP contribution in [0.15, 0.2) is 42.6 Å². The van der Waals surface area contributed by atoms with Gasteiger partial charge in [0.05, 0.1) is 18.8 Å². The van der Waals surface area contributed by atoms with Gasteiger partial charge in [0.15, 0.2) is 17.3 Å². The van der Waals surface area contributed by atoms with Crippen molar-refractivity contribution in [2.24, 2.45) is 11.8 Å². The highest BCUT2D eigenvalue weighted by atomic mass is 19.1. The predicted molar refractivity (Wildman–Crippen MR) is 93.7 cm³/mol. The molecule has 3 atom stereocenters. The minimum Gasteiger partial charge on any atom is -0.506 e. The number of carbonyl (C=O) groups is 1. The fraction of sp³-hybridized carbons (Fsp3) is 0.400. The molecule has 2 heterocycles. The molecule has 0 spiro atoms. The summed E-state index contributed by atoms with van der Waals surface area (Å²) in [5.41, 5.74) is 0.376. The highest BCUT2D eigenvalue weighted by Crippen LogP contribution is 2.40. The first-order valence-corrected chi connectivity index (χ1v) is 8.90. The lowest BCUT2D eigenvalue weighted by atomic mass is 10.0. The lowest BCUT2D eigenvalue weighted by Crippen LogP contribution is -2.30. The third-order valence-electron chi connectivity index (χ3n) is 5.31. The number of aromatic hydroxyl groups is 1. The molecule has 1 aliphatic heterocycles. The molecule has 0 amide bonds. The van der Waals surface area contributed by atoms with Crippen LogP contribution in [-0.4, -0.2) is 46.5 Å². The van der Waals surface area contributed by atoms with E-state index in [-0.39, 0.29) is 23.5 Å². The first-order chi connectivity index (χ1) is 12.6. The molecule has 6 heteroatoms. The van der Waals surface area contributed by atoms with Crippen LogP contribution < -0.4 is 4.74 Å². The second-order valence-electron chi connectivity index (χ2n) is 7.18. The van der Waals surface area contributed by atoms with Gasteiger partial charge in [-0.1, -0.05) is 12.1 Å². The molecule has 4 rings (SSSR count). The Balaban J connectivity index is 1.30. The van der Waals surface area contributed by atoms with Crippen LogP contribution >= 0.6 is 0 Å². The van der Waals surface area contributed by atoms with E-state index in [0.29, 0.717) is 29.8 Å². The quantitative estimate of drug-likeness (QED) is 0.835. The van der Waals surface area contributed by atoms with E-state index in [0.717, 1.165) is 25.9 Å².